The van der Waals surface area contributed by atoms with Gasteiger partial charge in [-0.05, 0) is 40.5 Å². The largest absolute Gasteiger partial charge is 0.490 e. The van der Waals surface area contributed by atoms with E-state index in [4.69, 9.17) is 15.2 Å². The van der Waals surface area contributed by atoms with Crippen molar-refractivity contribution in [2.45, 2.75) is 13.5 Å². The Bertz CT molecular complexity index is 408. The Hall–Kier alpha value is -0.520. The first-order valence-electron chi connectivity index (χ1n) is 5.19. The van der Waals surface area contributed by atoms with Gasteiger partial charge in [0.25, 0.3) is 0 Å². The molecular formula is C12H15Br2NO2. The van der Waals surface area contributed by atoms with Crippen molar-refractivity contribution in [1.82, 2.24) is 0 Å². The maximum Gasteiger partial charge on any atom is 0.175 e. The van der Waals surface area contributed by atoms with Crippen LogP contribution in [0.3, 0.4) is 0 Å². The third-order valence-corrected chi connectivity index (χ3v) is 2.80. The van der Waals surface area contributed by atoms with Crippen LogP contribution < -0.4 is 15.2 Å². The first-order valence-corrected chi connectivity index (χ1v) is 6.78. The van der Waals surface area contributed by atoms with Crippen LogP contribution in [0.4, 0.5) is 0 Å². The SMILES string of the molecule is C=C(Br)COc1c(Br)cc(CN)cc1OCC. The predicted molar refractivity (Wildman–Crippen MR) is 76.8 cm³/mol. The molecule has 0 amide bonds. The van der Waals surface area contributed by atoms with E-state index in [-0.39, 0.29) is 0 Å². The second kappa shape index (κ2) is 7.03. The summed E-state index contributed by atoms with van der Waals surface area (Å²) >= 11 is 6.71. The van der Waals surface area contributed by atoms with Gasteiger partial charge in [-0.2, -0.15) is 0 Å². The van der Waals surface area contributed by atoms with Crippen molar-refractivity contribution in [1.29, 1.82) is 0 Å². The third-order valence-electron chi connectivity index (χ3n) is 1.98. The van der Waals surface area contributed by atoms with Gasteiger partial charge in [0.05, 0.1) is 11.1 Å². The van der Waals surface area contributed by atoms with Crippen LogP contribution in [-0.2, 0) is 6.54 Å². The van der Waals surface area contributed by atoms with Crippen molar-refractivity contribution in [3.05, 3.63) is 33.2 Å². The highest BCUT2D eigenvalue weighted by molar-refractivity contribution is 9.11. The summed E-state index contributed by atoms with van der Waals surface area (Å²) in [5.74, 6) is 1.36. The molecule has 1 aromatic carbocycles. The molecule has 3 nitrogen and oxygen atoms in total. The van der Waals surface area contributed by atoms with Gasteiger partial charge in [0.2, 0.25) is 0 Å². The van der Waals surface area contributed by atoms with Gasteiger partial charge >= 0.3 is 0 Å². The molecule has 2 N–H and O–H groups in total. The summed E-state index contributed by atoms with van der Waals surface area (Å²) in [6, 6.07) is 3.81. The van der Waals surface area contributed by atoms with E-state index in [1.807, 2.05) is 19.1 Å². The second-order valence-electron chi connectivity index (χ2n) is 3.35. The van der Waals surface area contributed by atoms with Crippen LogP contribution in [-0.4, -0.2) is 13.2 Å². The van der Waals surface area contributed by atoms with Crippen LogP contribution in [0.25, 0.3) is 0 Å². The normalized spacial score (nSPS) is 10.1. The van der Waals surface area contributed by atoms with E-state index >= 15 is 0 Å². The van der Waals surface area contributed by atoms with E-state index in [1.54, 1.807) is 0 Å². The van der Waals surface area contributed by atoms with Gasteiger partial charge in [-0.1, -0.05) is 22.5 Å². The highest BCUT2D eigenvalue weighted by Crippen LogP contribution is 2.37. The summed E-state index contributed by atoms with van der Waals surface area (Å²) in [7, 11) is 0. The molecule has 0 unspecified atom stereocenters. The smallest absolute Gasteiger partial charge is 0.175 e. The lowest BCUT2D eigenvalue weighted by Gasteiger charge is -2.14. The maximum atomic E-state index is 5.62. The summed E-state index contributed by atoms with van der Waals surface area (Å²) in [6.07, 6.45) is 0. The van der Waals surface area contributed by atoms with Crippen LogP contribution in [0.5, 0.6) is 11.5 Å². The van der Waals surface area contributed by atoms with Crippen LogP contribution >= 0.6 is 31.9 Å². The minimum Gasteiger partial charge on any atom is -0.490 e. The number of benzene rings is 1. The third kappa shape index (κ3) is 4.33. The Balaban J connectivity index is 3.02. The highest BCUT2D eigenvalue weighted by Gasteiger charge is 2.11. The van der Waals surface area contributed by atoms with Crippen LogP contribution in [0.2, 0.25) is 0 Å². The topological polar surface area (TPSA) is 44.5 Å². The average molecular weight is 365 g/mol. The van der Waals surface area contributed by atoms with Crippen molar-refractivity contribution in [2.24, 2.45) is 5.73 Å². The minimum absolute atomic E-state index is 0.390. The monoisotopic (exact) mass is 363 g/mol. The van der Waals surface area contributed by atoms with Gasteiger partial charge in [0, 0.05) is 11.0 Å². The fraction of sp³-hybridized carbons (Fsp3) is 0.333. The Labute approximate surface area is 118 Å². The van der Waals surface area contributed by atoms with Gasteiger partial charge < -0.3 is 15.2 Å². The number of nitrogens with two attached hydrogens (primary N) is 1. The first-order chi connectivity index (χ1) is 8.08. The molecule has 94 valence electrons. The summed E-state index contributed by atoms with van der Waals surface area (Å²) in [5.41, 5.74) is 6.61. The Kier molecular flexibility index (Phi) is 6.02. The number of hydrogen-bond donors (Lipinski definition) is 1. The maximum absolute atomic E-state index is 5.62. The molecular weight excluding hydrogens is 350 g/mol. The van der Waals surface area contributed by atoms with Gasteiger partial charge in [-0.15, -0.1) is 0 Å². The molecule has 0 aliphatic carbocycles. The van der Waals surface area contributed by atoms with Crippen molar-refractivity contribution >= 4 is 31.9 Å². The lowest BCUT2D eigenvalue weighted by Crippen LogP contribution is -2.04. The van der Waals surface area contributed by atoms with Crippen molar-refractivity contribution in [3.8, 4) is 11.5 Å². The molecule has 1 aromatic rings. The van der Waals surface area contributed by atoms with Gasteiger partial charge in [-0.3, -0.25) is 0 Å². The first kappa shape index (κ1) is 14.5. The summed E-state index contributed by atoms with van der Waals surface area (Å²) in [6.45, 7) is 7.08. The Morgan fingerprint density at radius 3 is 2.65 bits per heavy atom. The van der Waals surface area contributed by atoms with Crippen LogP contribution in [0.1, 0.15) is 12.5 Å². The fourth-order valence-corrected chi connectivity index (χ4v) is 2.01. The zero-order chi connectivity index (χ0) is 12.8. The van der Waals surface area contributed by atoms with Crippen LogP contribution in [0, 0.1) is 0 Å². The van der Waals surface area contributed by atoms with Gasteiger partial charge in [0.1, 0.15) is 6.61 Å². The van der Waals surface area contributed by atoms with E-state index in [0.717, 1.165) is 14.5 Å². The molecule has 17 heavy (non-hydrogen) atoms. The van der Waals surface area contributed by atoms with E-state index in [0.29, 0.717) is 31.3 Å². The summed E-state index contributed by atoms with van der Waals surface area (Å²) < 4.78 is 12.8. The van der Waals surface area contributed by atoms with Crippen molar-refractivity contribution < 1.29 is 9.47 Å². The van der Waals surface area contributed by atoms with Gasteiger partial charge in [0.15, 0.2) is 11.5 Å². The molecule has 0 fully saturated rings. The number of rotatable bonds is 6. The molecule has 0 atom stereocenters. The fourth-order valence-electron chi connectivity index (χ4n) is 1.29. The molecule has 0 saturated carbocycles. The second-order valence-corrected chi connectivity index (χ2v) is 5.32. The number of halogens is 2. The molecule has 0 aliphatic heterocycles. The molecule has 5 heteroatoms. The summed E-state index contributed by atoms with van der Waals surface area (Å²) in [5, 5.41) is 0. The Morgan fingerprint density at radius 2 is 2.12 bits per heavy atom. The van der Waals surface area contributed by atoms with E-state index in [2.05, 4.69) is 38.4 Å². The standard InChI is InChI=1S/C12H15Br2NO2/c1-3-16-11-5-9(6-15)4-10(14)12(11)17-7-8(2)13/h4-5H,2-3,6-7,15H2,1H3. The highest BCUT2D eigenvalue weighted by atomic mass is 79.9. The average Bonchev–Trinajstić information content (AvgIpc) is 2.27. The van der Waals surface area contributed by atoms with Crippen molar-refractivity contribution in [3.63, 3.8) is 0 Å². The molecule has 0 heterocycles. The number of hydrogen-bond acceptors (Lipinski definition) is 3. The lowest BCUT2D eigenvalue weighted by atomic mass is 10.2. The summed E-state index contributed by atoms with van der Waals surface area (Å²) in [4.78, 5) is 0. The van der Waals surface area contributed by atoms with Gasteiger partial charge in [-0.25, -0.2) is 0 Å². The molecule has 0 aliphatic rings. The molecule has 0 saturated heterocycles. The zero-order valence-electron chi connectivity index (χ0n) is 9.63. The predicted octanol–water partition coefficient (Wildman–Crippen LogP) is 3.59. The molecule has 0 radical (unpaired) electrons. The van der Waals surface area contributed by atoms with E-state index < -0.39 is 0 Å². The van der Waals surface area contributed by atoms with E-state index in [9.17, 15) is 0 Å². The molecule has 1 rings (SSSR count). The zero-order valence-corrected chi connectivity index (χ0v) is 12.8. The minimum atomic E-state index is 0.390. The molecule has 0 aromatic heterocycles. The van der Waals surface area contributed by atoms with E-state index in [1.165, 1.54) is 0 Å². The lowest BCUT2D eigenvalue weighted by molar-refractivity contribution is 0.294. The quantitative estimate of drug-likeness (QED) is 0.838. The molecule has 0 bridgehead atoms. The number of ether oxygens (including phenoxy) is 2. The van der Waals surface area contributed by atoms with Crippen LogP contribution in [0.15, 0.2) is 27.7 Å². The van der Waals surface area contributed by atoms with Crippen molar-refractivity contribution in [2.75, 3.05) is 13.2 Å². The Morgan fingerprint density at radius 1 is 1.41 bits per heavy atom. The molecule has 0 spiro atoms.